The Morgan fingerprint density at radius 3 is 2.14 bits per heavy atom. The van der Waals surface area contributed by atoms with E-state index in [-0.39, 0.29) is 24.5 Å². The molecule has 2 aromatic rings. The molecule has 0 spiro atoms. The lowest BCUT2D eigenvalue weighted by atomic mass is 9.86. The number of hydrogen-bond donors (Lipinski definition) is 4. The van der Waals surface area contributed by atoms with Crippen LogP contribution in [0.1, 0.15) is 37.4 Å². The number of hydrogen-bond acceptors (Lipinski definition) is 3. The average Bonchev–Trinajstić information content (AvgIpc) is 2.73. The number of aliphatic carboxylic acids is 1. The molecule has 28 heavy (non-hydrogen) atoms. The van der Waals surface area contributed by atoms with Gasteiger partial charge in [0.25, 0.3) is 0 Å². The van der Waals surface area contributed by atoms with Crippen molar-refractivity contribution in [1.29, 1.82) is 0 Å². The number of amides is 2. The predicted molar refractivity (Wildman–Crippen MR) is 107 cm³/mol. The quantitative estimate of drug-likeness (QED) is 0.616. The highest BCUT2D eigenvalue weighted by molar-refractivity contribution is 5.74. The molecule has 1 aliphatic rings. The van der Waals surface area contributed by atoms with Crippen molar-refractivity contribution in [2.75, 3.05) is 6.54 Å². The molecule has 2 amide bonds. The topological polar surface area (TPSA) is 98.7 Å². The van der Waals surface area contributed by atoms with Gasteiger partial charge >= 0.3 is 12.0 Å². The van der Waals surface area contributed by atoms with Crippen LogP contribution in [0.5, 0.6) is 0 Å². The molecule has 0 radical (unpaired) electrons. The zero-order chi connectivity index (χ0) is 19.9. The van der Waals surface area contributed by atoms with Gasteiger partial charge < -0.3 is 20.8 Å². The molecule has 0 saturated heterocycles. The molecule has 6 nitrogen and oxygen atoms in total. The minimum Gasteiger partial charge on any atom is -0.481 e. The number of aliphatic hydroxyl groups excluding tert-OH is 1. The highest BCUT2D eigenvalue weighted by atomic mass is 16.4. The highest BCUT2D eigenvalue weighted by Crippen LogP contribution is 2.24. The minimum atomic E-state index is -0.793. The van der Waals surface area contributed by atoms with Crippen LogP contribution in [0.4, 0.5) is 4.79 Å². The lowest BCUT2D eigenvalue weighted by Gasteiger charge is -2.27. The van der Waals surface area contributed by atoms with Crippen LogP contribution in [0.15, 0.2) is 54.6 Å². The maximum atomic E-state index is 12.1. The number of nitrogens with one attached hydrogen (secondary N) is 2. The normalized spacial score (nSPS) is 20.2. The molecular formula is C22H26N2O4. The molecule has 4 N–H and O–H groups in total. The summed E-state index contributed by atoms with van der Waals surface area (Å²) < 4.78 is 0. The largest absolute Gasteiger partial charge is 0.481 e. The van der Waals surface area contributed by atoms with Gasteiger partial charge in [-0.15, -0.1) is 0 Å². The van der Waals surface area contributed by atoms with E-state index in [1.807, 2.05) is 54.6 Å². The van der Waals surface area contributed by atoms with Crippen LogP contribution < -0.4 is 10.6 Å². The van der Waals surface area contributed by atoms with E-state index in [0.29, 0.717) is 25.7 Å². The fraction of sp³-hybridized carbons (Fsp3) is 0.364. The van der Waals surface area contributed by atoms with Gasteiger partial charge in [-0.25, -0.2) is 4.79 Å². The molecule has 1 aliphatic carbocycles. The van der Waals surface area contributed by atoms with Crippen molar-refractivity contribution in [3.8, 4) is 11.1 Å². The van der Waals surface area contributed by atoms with Crippen molar-refractivity contribution in [1.82, 2.24) is 10.6 Å². The first-order chi connectivity index (χ1) is 13.5. The molecule has 2 aromatic carbocycles. The molecule has 0 bridgehead atoms. The Hall–Kier alpha value is -2.86. The van der Waals surface area contributed by atoms with Crippen LogP contribution in [0.3, 0.4) is 0 Å². The SMILES string of the molecule is O=C(NCC(O)c1ccc(-c2ccccc2)cc1)NC1CCC(C(=O)O)CC1. The van der Waals surface area contributed by atoms with E-state index >= 15 is 0 Å². The first kappa shape index (κ1) is 19.9. The van der Waals surface area contributed by atoms with Crippen molar-refractivity contribution in [3.63, 3.8) is 0 Å². The Morgan fingerprint density at radius 1 is 0.929 bits per heavy atom. The van der Waals surface area contributed by atoms with E-state index in [0.717, 1.165) is 16.7 Å². The number of aliphatic hydroxyl groups is 1. The first-order valence-corrected chi connectivity index (χ1v) is 9.63. The van der Waals surface area contributed by atoms with E-state index in [1.165, 1.54) is 0 Å². The molecule has 3 rings (SSSR count). The minimum absolute atomic E-state index is 0.0158. The van der Waals surface area contributed by atoms with Gasteiger partial charge in [0.15, 0.2) is 0 Å². The molecule has 1 fully saturated rings. The standard InChI is InChI=1S/C22H26N2O4/c25-20(17-8-6-16(7-9-17)15-4-2-1-3-5-15)14-23-22(28)24-19-12-10-18(11-13-19)21(26)27/h1-9,18-20,25H,10-14H2,(H,26,27)(H2,23,24,28). The molecule has 1 unspecified atom stereocenters. The fourth-order valence-corrected chi connectivity index (χ4v) is 3.56. The molecule has 1 atom stereocenters. The van der Waals surface area contributed by atoms with Crippen LogP contribution in [0.25, 0.3) is 11.1 Å². The number of carbonyl (C=O) groups is 2. The van der Waals surface area contributed by atoms with E-state index in [2.05, 4.69) is 10.6 Å². The van der Waals surface area contributed by atoms with E-state index in [4.69, 9.17) is 5.11 Å². The van der Waals surface area contributed by atoms with Gasteiger partial charge in [-0.2, -0.15) is 0 Å². The van der Waals surface area contributed by atoms with Gasteiger partial charge in [-0.3, -0.25) is 4.79 Å². The van der Waals surface area contributed by atoms with Crippen LogP contribution in [-0.2, 0) is 4.79 Å². The molecule has 0 heterocycles. The summed E-state index contributed by atoms with van der Waals surface area (Å²) in [5.74, 6) is -1.06. The Balaban J connectivity index is 1.44. The summed E-state index contributed by atoms with van der Waals surface area (Å²) in [6.45, 7) is 0.112. The zero-order valence-corrected chi connectivity index (χ0v) is 15.7. The Kier molecular flexibility index (Phi) is 6.66. The van der Waals surface area contributed by atoms with Gasteiger partial charge in [0.2, 0.25) is 0 Å². The third-order valence-electron chi connectivity index (χ3n) is 5.27. The van der Waals surface area contributed by atoms with E-state index in [1.54, 1.807) is 0 Å². The van der Waals surface area contributed by atoms with Gasteiger partial charge in [0.05, 0.1) is 12.0 Å². The molecule has 0 aromatic heterocycles. The fourth-order valence-electron chi connectivity index (χ4n) is 3.56. The van der Waals surface area contributed by atoms with Crippen molar-refractivity contribution in [2.45, 2.75) is 37.8 Å². The maximum Gasteiger partial charge on any atom is 0.315 e. The Morgan fingerprint density at radius 2 is 1.54 bits per heavy atom. The monoisotopic (exact) mass is 382 g/mol. The molecular weight excluding hydrogens is 356 g/mol. The average molecular weight is 382 g/mol. The van der Waals surface area contributed by atoms with E-state index in [9.17, 15) is 14.7 Å². The third-order valence-corrected chi connectivity index (χ3v) is 5.27. The third kappa shape index (κ3) is 5.33. The molecule has 6 heteroatoms. The Labute approximate surface area is 164 Å². The van der Waals surface area contributed by atoms with Crippen LogP contribution in [0.2, 0.25) is 0 Å². The summed E-state index contributed by atoms with van der Waals surface area (Å²) in [6, 6.07) is 17.3. The summed E-state index contributed by atoms with van der Waals surface area (Å²) >= 11 is 0. The predicted octanol–water partition coefficient (Wildman–Crippen LogP) is 3.33. The summed E-state index contributed by atoms with van der Waals surface area (Å²) in [5, 5.41) is 24.9. The van der Waals surface area contributed by atoms with Crippen molar-refractivity contribution in [3.05, 3.63) is 60.2 Å². The summed E-state index contributed by atoms with van der Waals surface area (Å²) in [7, 11) is 0. The molecule has 1 saturated carbocycles. The van der Waals surface area contributed by atoms with Crippen molar-refractivity contribution < 1.29 is 19.8 Å². The van der Waals surface area contributed by atoms with Crippen LogP contribution >= 0.6 is 0 Å². The summed E-state index contributed by atoms with van der Waals surface area (Å²) in [4.78, 5) is 23.0. The van der Waals surface area contributed by atoms with Gasteiger partial charge in [-0.05, 0) is 42.4 Å². The number of carboxylic acid groups (broad SMARTS) is 1. The number of benzene rings is 2. The smallest absolute Gasteiger partial charge is 0.315 e. The number of carbonyl (C=O) groups excluding carboxylic acids is 1. The summed E-state index contributed by atoms with van der Waals surface area (Å²) in [5.41, 5.74) is 2.92. The van der Waals surface area contributed by atoms with Crippen LogP contribution in [0, 0.1) is 5.92 Å². The van der Waals surface area contributed by atoms with E-state index < -0.39 is 12.1 Å². The van der Waals surface area contributed by atoms with Crippen LogP contribution in [-0.4, -0.2) is 34.8 Å². The lowest BCUT2D eigenvalue weighted by molar-refractivity contribution is -0.142. The van der Waals surface area contributed by atoms with Crippen molar-refractivity contribution >= 4 is 12.0 Å². The Bertz CT molecular complexity index is 784. The number of carboxylic acids is 1. The lowest BCUT2D eigenvalue weighted by Crippen LogP contribution is -2.45. The summed E-state index contributed by atoms with van der Waals surface area (Å²) in [6.07, 6.45) is 1.69. The van der Waals surface area contributed by atoms with Gasteiger partial charge in [-0.1, -0.05) is 54.6 Å². The number of urea groups is 1. The number of rotatable bonds is 6. The second-order valence-corrected chi connectivity index (χ2v) is 7.24. The zero-order valence-electron chi connectivity index (χ0n) is 15.7. The maximum absolute atomic E-state index is 12.1. The van der Waals surface area contributed by atoms with Gasteiger partial charge in [0.1, 0.15) is 0 Å². The molecule has 0 aliphatic heterocycles. The molecule has 148 valence electrons. The van der Waals surface area contributed by atoms with Crippen molar-refractivity contribution in [2.24, 2.45) is 5.92 Å². The first-order valence-electron chi connectivity index (χ1n) is 9.63. The second-order valence-electron chi connectivity index (χ2n) is 7.24. The second kappa shape index (κ2) is 9.37. The highest BCUT2D eigenvalue weighted by Gasteiger charge is 2.26. The van der Waals surface area contributed by atoms with Gasteiger partial charge in [0, 0.05) is 12.6 Å².